The van der Waals surface area contributed by atoms with Crippen LogP contribution in [0.4, 0.5) is 0 Å². The van der Waals surface area contributed by atoms with Crippen molar-refractivity contribution in [2.24, 2.45) is 23.7 Å². The quantitative estimate of drug-likeness (QED) is 0.0401. The van der Waals surface area contributed by atoms with E-state index in [1.165, 1.54) is 48.5 Å². The number of unbranched alkanes of at least 4 members (excludes halogenated alkanes) is 3. The van der Waals surface area contributed by atoms with Crippen LogP contribution in [0.3, 0.4) is 0 Å². The van der Waals surface area contributed by atoms with Crippen molar-refractivity contribution in [2.75, 3.05) is 33.3 Å². The molecule has 0 aromatic heterocycles. The highest BCUT2D eigenvalue weighted by Crippen LogP contribution is 2.24. The summed E-state index contributed by atoms with van der Waals surface area (Å²) < 4.78 is 0. The molecule has 0 spiro atoms. The molecule has 1 rings (SSSR count). The Morgan fingerprint density at radius 2 is 1.19 bits per heavy atom. The summed E-state index contributed by atoms with van der Waals surface area (Å²) in [5.74, 6) is -7.10. The smallest absolute Gasteiger partial charge is 0.246 e. The summed E-state index contributed by atoms with van der Waals surface area (Å²) in [5, 5.41) is 42.0. The molecule has 1 heterocycles. The number of amides is 9. The van der Waals surface area contributed by atoms with E-state index in [4.69, 9.17) is 0 Å². The van der Waals surface area contributed by atoms with Gasteiger partial charge in [0.05, 0.1) is 12.7 Å². The fourth-order valence-electron chi connectivity index (χ4n) is 9.48. The number of aliphatic hydroxyl groups is 2. The van der Waals surface area contributed by atoms with Gasteiger partial charge >= 0.3 is 0 Å². The SMILES string of the molecule is CCCCCC[C@H](C)C(=O)N1CCC[C@H]1C(=O)N[C@@H](CC(C)CC(O)CC(=O)CC)C(=O)N[C@@H](C)C(=O)NC(C)(C)C(=O)N[C@H](C(=O)N[C@H](C(=O)NC(C)(C)C(=O)NC(C)(C)C(=O)NC(C)CN(C)CCO)[C@@H](C)CC)[C@@H](C)CC. The highest BCUT2D eigenvalue weighted by atomic mass is 16.3. The zero-order valence-corrected chi connectivity index (χ0v) is 51.7. The number of ketones is 1. The fraction of sp³-hybridized carbons (Fsp3) is 0.828. The number of aliphatic hydroxyl groups excluding tert-OH is 2. The molecule has 22 heteroatoms. The van der Waals surface area contributed by atoms with Crippen molar-refractivity contribution in [3.8, 4) is 0 Å². The summed E-state index contributed by atoms with van der Waals surface area (Å²) in [5.41, 5.74) is -4.64. The molecule has 3 unspecified atom stereocenters. The molecule has 10 N–H and O–H groups in total. The maximum atomic E-state index is 14.2. The molecule has 1 aliphatic rings. The van der Waals surface area contributed by atoms with Crippen molar-refractivity contribution < 1.29 is 58.2 Å². The van der Waals surface area contributed by atoms with E-state index >= 15 is 0 Å². The van der Waals surface area contributed by atoms with Gasteiger partial charge < -0.3 is 62.5 Å². The number of carbonyl (C=O) groups is 10. The number of hydrogen-bond acceptors (Lipinski definition) is 13. The Balaban J connectivity index is 3.27. The maximum Gasteiger partial charge on any atom is 0.246 e. The first-order chi connectivity index (χ1) is 37.1. The largest absolute Gasteiger partial charge is 0.395 e. The number of rotatable bonds is 37. The first-order valence-electron chi connectivity index (χ1n) is 29.4. The number of carbonyl (C=O) groups excluding carboxylic acids is 10. The molecule has 0 aromatic rings. The second kappa shape index (κ2) is 34.3. The van der Waals surface area contributed by atoms with Crippen LogP contribution in [0.1, 0.15) is 194 Å². The first kappa shape index (κ1) is 72.8. The second-order valence-electron chi connectivity index (χ2n) is 24.4. The number of hydrogen-bond donors (Lipinski definition) is 10. The summed E-state index contributed by atoms with van der Waals surface area (Å²) in [7, 11) is 1.80. The van der Waals surface area contributed by atoms with Crippen LogP contribution in [0.15, 0.2) is 0 Å². The molecule has 0 radical (unpaired) electrons. The normalized spacial score (nSPS) is 17.7. The predicted octanol–water partition coefficient (Wildman–Crippen LogP) is 2.89. The maximum absolute atomic E-state index is 14.2. The molecule has 1 aliphatic heterocycles. The number of nitrogens with one attached hydrogen (secondary N) is 8. The Morgan fingerprint density at radius 3 is 1.75 bits per heavy atom. The number of likely N-dealkylation sites (N-methyl/N-ethyl adjacent to an activating group) is 1. The number of nitrogens with zero attached hydrogens (tertiary/aromatic N) is 2. The van der Waals surface area contributed by atoms with Gasteiger partial charge in [0.15, 0.2) is 0 Å². The van der Waals surface area contributed by atoms with Gasteiger partial charge in [0.1, 0.15) is 52.6 Å². The summed E-state index contributed by atoms with van der Waals surface area (Å²) in [6.45, 7) is 27.9. The molecule has 0 saturated carbocycles. The topological polar surface area (TPSA) is 314 Å². The third-order valence-corrected chi connectivity index (χ3v) is 15.3. The molecule has 0 bridgehead atoms. The average Bonchev–Trinajstić information content (AvgIpc) is 3.87. The van der Waals surface area contributed by atoms with Crippen molar-refractivity contribution in [3.63, 3.8) is 0 Å². The van der Waals surface area contributed by atoms with Gasteiger partial charge in [-0.25, -0.2) is 0 Å². The monoisotopic (exact) mass is 1130 g/mol. The lowest BCUT2D eigenvalue weighted by molar-refractivity contribution is -0.142. The van der Waals surface area contributed by atoms with E-state index in [0.29, 0.717) is 51.7 Å². The molecular formula is C58H106N10O12. The minimum absolute atomic E-state index is 0.0297. The average molecular weight is 1140 g/mol. The van der Waals surface area contributed by atoms with Gasteiger partial charge in [0, 0.05) is 44.4 Å². The van der Waals surface area contributed by atoms with Crippen LogP contribution in [0.5, 0.6) is 0 Å². The van der Waals surface area contributed by atoms with E-state index in [1.54, 1.807) is 46.6 Å². The minimum atomic E-state index is -1.67. The lowest BCUT2D eigenvalue weighted by Crippen LogP contribution is -2.66. The van der Waals surface area contributed by atoms with Gasteiger partial charge in [0.25, 0.3) is 0 Å². The summed E-state index contributed by atoms with van der Waals surface area (Å²) >= 11 is 0. The van der Waals surface area contributed by atoms with E-state index < -0.39 is 112 Å². The molecule has 22 nitrogen and oxygen atoms in total. The molecule has 0 aliphatic carbocycles. The predicted molar refractivity (Wildman–Crippen MR) is 308 cm³/mol. The molecule has 11 atom stereocenters. The minimum Gasteiger partial charge on any atom is -0.395 e. The second-order valence-corrected chi connectivity index (χ2v) is 24.4. The summed E-state index contributed by atoms with van der Waals surface area (Å²) in [6, 6.07) is -5.96. The highest BCUT2D eigenvalue weighted by Gasteiger charge is 2.42. The third-order valence-electron chi connectivity index (χ3n) is 15.3. The Bertz CT molecular complexity index is 2070. The molecular weight excluding hydrogens is 1030 g/mol. The molecule has 9 amide bonds. The Hall–Kier alpha value is -5.22. The molecule has 1 fully saturated rings. The standard InChI is InChI=1S/C58H106N10O12/c1-18-22-23-24-26-38(8)52(77)68-28-25-27-44(68)49(74)61-43(32-35(5)31-42(71)33-41(70)21-4)48(73)60-40(10)47(72)64-56(11,12)54(79)63-45(36(6)19-2)50(75)62-46(37(7)20-3)51(76)65-58(15,16)55(80)66-57(13,14)53(78)59-39(9)34-67(17)29-30-69/h35-40,42-46,69,71H,18-34H2,1-17H3,(H,59,78)(H,60,73)(H,61,74)(H,62,75)(H,63,79)(H,64,72)(H,65,76)(H,66,80)/t35?,36-,37-,38-,39?,40-,42?,43-,44-,45-,46-/m0/s1. The van der Waals surface area contributed by atoms with Gasteiger partial charge in [-0.15, -0.1) is 0 Å². The van der Waals surface area contributed by atoms with Crippen molar-refractivity contribution >= 4 is 58.9 Å². The Morgan fingerprint density at radius 1 is 0.637 bits per heavy atom. The van der Waals surface area contributed by atoms with Gasteiger partial charge in [0.2, 0.25) is 53.2 Å². The van der Waals surface area contributed by atoms with Crippen LogP contribution in [0, 0.1) is 23.7 Å². The van der Waals surface area contributed by atoms with Crippen LogP contribution in [-0.2, 0) is 47.9 Å². The van der Waals surface area contributed by atoms with Gasteiger partial charge in [-0.2, -0.15) is 0 Å². The number of likely N-dealkylation sites (tertiary alicyclic amines) is 1. The molecule has 0 aromatic carbocycles. The van der Waals surface area contributed by atoms with Crippen LogP contribution in [0.25, 0.3) is 0 Å². The van der Waals surface area contributed by atoms with Crippen molar-refractivity contribution in [1.29, 1.82) is 0 Å². The highest BCUT2D eigenvalue weighted by molar-refractivity contribution is 6.00. The number of Topliss-reactive ketones (excluding diaryl/α,β-unsaturated/α-hetero) is 1. The summed E-state index contributed by atoms with van der Waals surface area (Å²) in [4.78, 5) is 141. The molecule has 460 valence electrons. The third kappa shape index (κ3) is 24.1. The first-order valence-corrected chi connectivity index (χ1v) is 29.4. The lowest BCUT2D eigenvalue weighted by atomic mass is 9.92. The van der Waals surface area contributed by atoms with Crippen LogP contribution < -0.4 is 42.5 Å². The van der Waals surface area contributed by atoms with Crippen molar-refractivity contribution in [2.45, 2.75) is 253 Å². The van der Waals surface area contributed by atoms with Gasteiger partial charge in [-0.05, 0) is 112 Å². The Labute approximate surface area is 478 Å². The van der Waals surface area contributed by atoms with Crippen LogP contribution >= 0.6 is 0 Å². The zero-order valence-electron chi connectivity index (χ0n) is 51.7. The molecule has 1 saturated heterocycles. The fourth-order valence-corrected chi connectivity index (χ4v) is 9.48. The Kier molecular flexibility index (Phi) is 31.2. The molecule has 80 heavy (non-hydrogen) atoms. The van der Waals surface area contributed by atoms with E-state index in [0.717, 1.165) is 25.7 Å². The van der Waals surface area contributed by atoms with Crippen LogP contribution in [0.2, 0.25) is 0 Å². The van der Waals surface area contributed by atoms with Crippen molar-refractivity contribution in [3.05, 3.63) is 0 Å². The van der Waals surface area contributed by atoms with E-state index in [-0.39, 0.29) is 61.9 Å². The van der Waals surface area contributed by atoms with Crippen molar-refractivity contribution in [1.82, 2.24) is 52.3 Å². The van der Waals surface area contributed by atoms with E-state index in [2.05, 4.69) is 49.5 Å². The van der Waals surface area contributed by atoms with Gasteiger partial charge in [-0.1, -0.05) is 93.9 Å². The van der Waals surface area contributed by atoms with Gasteiger partial charge in [-0.3, -0.25) is 47.9 Å². The van der Waals surface area contributed by atoms with E-state index in [1.807, 2.05) is 25.7 Å². The van der Waals surface area contributed by atoms with Crippen LogP contribution in [-0.4, -0.2) is 171 Å². The zero-order chi connectivity index (χ0) is 61.5. The lowest BCUT2D eigenvalue weighted by Gasteiger charge is -2.35. The summed E-state index contributed by atoms with van der Waals surface area (Å²) in [6.07, 6.45) is 6.01. The van der Waals surface area contributed by atoms with E-state index in [9.17, 15) is 58.2 Å².